The summed E-state index contributed by atoms with van der Waals surface area (Å²) in [7, 11) is 0. The molecule has 0 heterocycles. The number of phenolic OH excluding ortho intramolecular Hbond substituents is 1. The molecule has 2 aromatic rings. The highest BCUT2D eigenvalue weighted by Crippen LogP contribution is 2.26. The van der Waals surface area contributed by atoms with Crippen LogP contribution in [0.5, 0.6) is 11.5 Å². The van der Waals surface area contributed by atoms with E-state index in [1.807, 2.05) is 38.1 Å². The third kappa shape index (κ3) is 6.26. The Morgan fingerprint density at radius 1 is 1.08 bits per heavy atom. The summed E-state index contributed by atoms with van der Waals surface area (Å²) in [5.74, 6) is 2.00. The summed E-state index contributed by atoms with van der Waals surface area (Å²) in [6.45, 7) is 11.7. The number of aryl methyl sites for hydroxylation is 1. The molecule has 142 valence electrons. The monoisotopic (exact) mass is 374 g/mol. The molecule has 0 aliphatic carbocycles. The van der Waals surface area contributed by atoms with Gasteiger partial charge in [0, 0.05) is 17.3 Å². The second kappa shape index (κ2) is 9.33. The molecule has 0 aliphatic rings. The maximum atomic E-state index is 9.63. The van der Waals surface area contributed by atoms with Crippen LogP contribution in [0.15, 0.2) is 47.4 Å². The molecule has 2 aromatic carbocycles. The maximum Gasteiger partial charge on any atom is 0.119 e. The first-order valence-corrected chi connectivity index (χ1v) is 10.1. The third-order valence-electron chi connectivity index (χ3n) is 4.16. The van der Waals surface area contributed by atoms with Gasteiger partial charge in [-0.05, 0) is 60.7 Å². The van der Waals surface area contributed by atoms with Gasteiger partial charge in [0.15, 0.2) is 0 Å². The molecule has 0 aliphatic heterocycles. The first-order chi connectivity index (χ1) is 12.3. The van der Waals surface area contributed by atoms with Crippen molar-refractivity contribution in [1.29, 1.82) is 0 Å². The highest BCUT2D eigenvalue weighted by Gasteiger charge is 2.14. The van der Waals surface area contributed by atoms with Crippen LogP contribution < -0.4 is 4.74 Å². The number of hydrogen-bond acceptors (Lipinski definition) is 4. The zero-order chi connectivity index (χ0) is 19.2. The van der Waals surface area contributed by atoms with Gasteiger partial charge in [-0.15, -0.1) is 11.8 Å². The summed E-state index contributed by atoms with van der Waals surface area (Å²) in [6.07, 6.45) is 0.0152. The van der Waals surface area contributed by atoms with Crippen LogP contribution >= 0.6 is 11.8 Å². The minimum atomic E-state index is 0.0152. The molecule has 0 saturated carbocycles. The summed E-state index contributed by atoms with van der Waals surface area (Å²) in [5.41, 5.74) is 2.33. The predicted molar refractivity (Wildman–Crippen MR) is 110 cm³/mol. The van der Waals surface area contributed by atoms with E-state index in [0.717, 1.165) is 22.0 Å². The number of hydrogen-bond donors (Lipinski definition) is 1. The standard InChI is InChI=1S/C22H30O3S/c1-6-24-19(15-26-20-11-12-21(23)16(2)13-20)14-25-18-9-7-17(8-10-18)22(3,4)5/h7-13,19,23H,6,14-15H2,1-5H3. The minimum Gasteiger partial charge on any atom is -0.508 e. The smallest absolute Gasteiger partial charge is 0.119 e. The summed E-state index contributed by atoms with van der Waals surface area (Å²) in [4.78, 5) is 1.12. The van der Waals surface area contributed by atoms with Crippen LogP contribution in [0.4, 0.5) is 0 Å². The summed E-state index contributed by atoms with van der Waals surface area (Å²) in [6, 6.07) is 14.0. The number of benzene rings is 2. The molecule has 3 nitrogen and oxygen atoms in total. The Hall–Kier alpha value is -1.65. The fraction of sp³-hybridized carbons (Fsp3) is 0.455. The fourth-order valence-corrected chi connectivity index (χ4v) is 3.52. The van der Waals surface area contributed by atoms with Gasteiger partial charge in [0.2, 0.25) is 0 Å². The Bertz CT molecular complexity index is 690. The molecular formula is C22H30O3S. The van der Waals surface area contributed by atoms with Gasteiger partial charge in [-0.3, -0.25) is 0 Å². The van der Waals surface area contributed by atoms with Crippen molar-refractivity contribution in [1.82, 2.24) is 0 Å². The van der Waals surface area contributed by atoms with Crippen molar-refractivity contribution >= 4 is 11.8 Å². The van der Waals surface area contributed by atoms with Crippen molar-refractivity contribution in [3.63, 3.8) is 0 Å². The van der Waals surface area contributed by atoms with Gasteiger partial charge in [-0.25, -0.2) is 0 Å². The molecule has 4 heteroatoms. The van der Waals surface area contributed by atoms with E-state index < -0.39 is 0 Å². The molecule has 26 heavy (non-hydrogen) atoms. The van der Waals surface area contributed by atoms with E-state index in [1.165, 1.54) is 5.56 Å². The minimum absolute atomic E-state index is 0.0152. The van der Waals surface area contributed by atoms with E-state index in [1.54, 1.807) is 17.8 Å². The lowest BCUT2D eigenvalue weighted by molar-refractivity contribution is 0.0433. The van der Waals surface area contributed by atoms with E-state index in [0.29, 0.717) is 19.0 Å². The molecule has 1 atom stereocenters. The first kappa shape index (κ1) is 20.7. The Balaban J connectivity index is 1.90. The summed E-state index contributed by atoms with van der Waals surface area (Å²) < 4.78 is 11.8. The number of aromatic hydroxyl groups is 1. The SMILES string of the molecule is CCOC(COc1ccc(C(C)(C)C)cc1)CSc1ccc(O)c(C)c1. The number of rotatable bonds is 8. The molecule has 1 unspecified atom stereocenters. The van der Waals surface area contributed by atoms with E-state index in [2.05, 4.69) is 32.9 Å². The van der Waals surface area contributed by atoms with Crippen molar-refractivity contribution in [2.75, 3.05) is 19.0 Å². The Kier molecular flexibility index (Phi) is 7.42. The zero-order valence-corrected chi connectivity index (χ0v) is 17.2. The van der Waals surface area contributed by atoms with Crippen LogP contribution in [0.1, 0.15) is 38.8 Å². The zero-order valence-electron chi connectivity index (χ0n) is 16.4. The van der Waals surface area contributed by atoms with Crippen LogP contribution in [-0.2, 0) is 10.2 Å². The van der Waals surface area contributed by atoms with Crippen molar-refractivity contribution in [3.05, 3.63) is 53.6 Å². The van der Waals surface area contributed by atoms with Gasteiger partial charge in [0.05, 0.1) is 0 Å². The summed E-state index contributed by atoms with van der Waals surface area (Å²) >= 11 is 1.72. The van der Waals surface area contributed by atoms with E-state index in [9.17, 15) is 5.11 Å². The fourth-order valence-electron chi connectivity index (χ4n) is 2.53. The van der Waals surface area contributed by atoms with Crippen molar-refractivity contribution in [2.45, 2.75) is 51.0 Å². The number of thioether (sulfide) groups is 1. The van der Waals surface area contributed by atoms with Gasteiger partial charge in [0.25, 0.3) is 0 Å². The highest BCUT2D eigenvalue weighted by atomic mass is 32.2. The predicted octanol–water partition coefficient (Wildman–Crippen LogP) is 5.57. The average molecular weight is 375 g/mol. The van der Waals surface area contributed by atoms with Crippen LogP contribution in [0.2, 0.25) is 0 Å². The van der Waals surface area contributed by atoms with E-state index in [-0.39, 0.29) is 11.5 Å². The van der Waals surface area contributed by atoms with Crippen molar-refractivity contribution < 1.29 is 14.6 Å². The molecule has 0 amide bonds. The number of ether oxygens (including phenoxy) is 2. The average Bonchev–Trinajstić information content (AvgIpc) is 2.60. The lowest BCUT2D eigenvalue weighted by Crippen LogP contribution is -2.24. The molecule has 2 rings (SSSR count). The largest absolute Gasteiger partial charge is 0.508 e. The van der Waals surface area contributed by atoms with Gasteiger partial charge in [0.1, 0.15) is 24.2 Å². The Labute approximate surface area is 161 Å². The Morgan fingerprint density at radius 3 is 2.35 bits per heavy atom. The molecule has 0 fully saturated rings. The molecule has 0 spiro atoms. The molecule has 1 N–H and O–H groups in total. The topological polar surface area (TPSA) is 38.7 Å². The van der Waals surface area contributed by atoms with Gasteiger partial charge < -0.3 is 14.6 Å². The molecule has 0 radical (unpaired) electrons. The molecule has 0 aromatic heterocycles. The van der Waals surface area contributed by atoms with Gasteiger partial charge >= 0.3 is 0 Å². The second-order valence-electron chi connectivity index (χ2n) is 7.42. The van der Waals surface area contributed by atoms with Crippen molar-refractivity contribution in [3.8, 4) is 11.5 Å². The maximum absolute atomic E-state index is 9.63. The molecule has 0 bridgehead atoms. The van der Waals surface area contributed by atoms with Crippen LogP contribution in [0, 0.1) is 6.92 Å². The van der Waals surface area contributed by atoms with E-state index in [4.69, 9.17) is 9.47 Å². The highest BCUT2D eigenvalue weighted by molar-refractivity contribution is 7.99. The Morgan fingerprint density at radius 2 is 1.77 bits per heavy atom. The second-order valence-corrected chi connectivity index (χ2v) is 8.52. The summed E-state index contributed by atoms with van der Waals surface area (Å²) in [5, 5.41) is 9.63. The quantitative estimate of drug-likeness (QED) is 0.613. The van der Waals surface area contributed by atoms with Crippen LogP contribution in [0.3, 0.4) is 0 Å². The third-order valence-corrected chi connectivity index (χ3v) is 5.29. The lowest BCUT2D eigenvalue weighted by Gasteiger charge is -2.20. The van der Waals surface area contributed by atoms with Gasteiger partial charge in [-0.2, -0.15) is 0 Å². The van der Waals surface area contributed by atoms with Crippen molar-refractivity contribution in [2.24, 2.45) is 0 Å². The van der Waals surface area contributed by atoms with Gasteiger partial charge in [-0.1, -0.05) is 32.9 Å². The molecular weight excluding hydrogens is 344 g/mol. The number of phenols is 1. The normalized spacial score (nSPS) is 12.8. The van der Waals surface area contributed by atoms with E-state index >= 15 is 0 Å². The van der Waals surface area contributed by atoms with Crippen LogP contribution in [0.25, 0.3) is 0 Å². The first-order valence-electron chi connectivity index (χ1n) is 9.07. The van der Waals surface area contributed by atoms with Crippen LogP contribution in [-0.4, -0.2) is 30.2 Å². The lowest BCUT2D eigenvalue weighted by atomic mass is 9.87. The molecule has 0 saturated heterocycles.